The zero-order valence-electron chi connectivity index (χ0n) is 14.6. The van der Waals surface area contributed by atoms with Gasteiger partial charge in [-0.15, -0.1) is 0 Å². The van der Waals surface area contributed by atoms with Crippen LogP contribution in [0.1, 0.15) is 18.1 Å². The summed E-state index contributed by atoms with van der Waals surface area (Å²) in [4.78, 5) is 24.0. The van der Waals surface area contributed by atoms with Gasteiger partial charge in [-0.25, -0.2) is 4.79 Å². The Morgan fingerprint density at radius 3 is 2.70 bits per heavy atom. The average Bonchev–Trinajstić information content (AvgIpc) is 3.13. The maximum absolute atomic E-state index is 12.1. The number of carbonyl (C=O) groups is 2. The van der Waals surface area contributed by atoms with Crippen molar-refractivity contribution in [3.8, 4) is 11.5 Å². The summed E-state index contributed by atoms with van der Waals surface area (Å²) < 4.78 is 15.6. The minimum atomic E-state index is -0.915. The standard InChI is InChI=1S/C20H18ClNO5/c1-13(27-19(23)9-5-14-2-6-16(21)7-3-14)20(24)22-11-15-4-8-17-18(10-15)26-12-25-17/h2-10,13H,11-12H2,1H3,(H,22,24)/b9-5+/t13-/m0/s1. The molecule has 0 fully saturated rings. The van der Waals surface area contributed by atoms with E-state index in [-0.39, 0.29) is 19.2 Å². The van der Waals surface area contributed by atoms with Crippen LogP contribution in [-0.2, 0) is 20.9 Å². The molecule has 1 aliphatic rings. The van der Waals surface area contributed by atoms with Crippen LogP contribution in [0.15, 0.2) is 48.5 Å². The van der Waals surface area contributed by atoms with Gasteiger partial charge in [-0.1, -0.05) is 29.8 Å². The molecular weight excluding hydrogens is 370 g/mol. The first kappa shape index (κ1) is 18.8. The second kappa shape index (κ2) is 8.60. The molecule has 1 aliphatic heterocycles. The van der Waals surface area contributed by atoms with Gasteiger partial charge < -0.3 is 19.5 Å². The Kier molecular flexibility index (Phi) is 5.98. The lowest BCUT2D eigenvalue weighted by molar-refractivity contribution is -0.150. The van der Waals surface area contributed by atoms with Crippen molar-refractivity contribution in [3.63, 3.8) is 0 Å². The number of nitrogens with one attached hydrogen (secondary N) is 1. The van der Waals surface area contributed by atoms with Gasteiger partial charge in [0.25, 0.3) is 5.91 Å². The number of fused-ring (bicyclic) bond motifs is 1. The number of carbonyl (C=O) groups excluding carboxylic acids is 2. The molecule has 2 aromatic carbocycles. The number of esters is 1. The summed E-state index contributed by atoms with van der Waals surface area (Å²) in [7, 11) is 0. The second-order valence-corrected chi connectivity index (χ2v) is 6.31. The number of rotatable bonds is 6. The highest BCUT2D eigenvalue weighted by molar-refractivity contribution is 6.30. The normalized spacial score (nSPS) is 13.4. The van der Waals surface area contributed by atoms with Crippen molar-refractivity contribution in [2.45, 2.75) is 19.6 Å². The van der Waals surface area contributed by atoms with Gasteiger partial charge >= 0.3 is 5.97 Å². The minimum Gasteiger partial charge on any atom is -0.454 e. The van der Waals surface area contributed by atoms with Crippen molar-refractivity contribution in [1.29, 1.82) is 0 Å². The van der Waals surface area contributed by atoms with Gasteiger partial charge in [0.1, 0.15) is 0 Å². The molecule has 2 aromatic rings. The topological polar surface area (TPSA) is 73.9 Å². The summed E-state index contributed by atoms with van der Waals surface area (Å²) in [5, 5.41) is 3.34. The fourth-order valence-corrected chi connectivity index (χ4v) is 2.51. The van der Waals surface area contributed by atoms with Gasteiger partial charge in [-0.3, -0.25) is 4.79 Å². The van der Waals surface area contributed by atoms with Crippen LogP contribution in [0.3, 0.4) is 0 Å². The number of hydrogen-bond acceptors (Lipinski definition) is 5. The number of halogens is 1. The van der Waals surface area contributed by atoms with E-state index in [1.54, 1.807) is 42.5 Å². The van der Waals surface area contributed by atoms with Crippen LogP contribution in [0.25, 0.3) is 6.08 Å². The molecule has 1 heterocycles. The Balaban J connectivity index is 1.47. The first-order valence-electron chi connectivity index (χ1n) is 8.32. The zero-order chi connectivity index (χ0) is 19.2. The van der Waals surface area contributed by atoms with E-state index in [0.29, 0.717) is 16.5 Å². The molecule has 1 N–H and O–H groups in total. The number of amides is 1. The Morgan fingerprint density at radius 1 is 1.19 bits per heavy atom. The molecule has 0 saturated heterocycles. The van der Waals surface area contributed by atoms with Crippen molar-refractivity contribution in [2.24, 2.45) is 0 Å². The summed E-state index contributed by atoms with van der Waals surface area (Å²) in [6, 6.07) is 12.4. The van der Waals surface area contributed by atoms with E-state index in [1.165, 1.54) is 13.0 Å². The maximum Gasteiger partial charge on any atom is 0.331 e. The molecule has 0 radical (unpaired) electrons. The van der Waals surface area contributed by atoms with Crippen molar-refractivity contribution in [3.05, 3.63) is 64.7 Å². The van der Waals surface area contributed by atoms with E-state index >= 15 is 0 Å². The lowest BCUT2D eigenvalue weighted by atomic mass is 10.2. The second-order valence-electron chi connectivity index (χ2n) is 5.87. The van der Waals surface area contributed by atoms with Crippen molar-refractivity contribution >= 4 is 29.6 Å². The summed E-state index contributed by atoms with van der Waals surface area (Å²) in [5.74, 6) is 0.338. The van der Waals surface area contributed by atoms with Gasteiger partial charge in [0.2, 0.25) is 6.79 Å². The lowest BCUT2D eigenvalue weighted by Crippen LogP contribution is -2.35. The summed E-state index contributed by atoms with van der Waals surface area (Å²) >= 11 is 5.81. The largest absolute Gasteiger partial charge is 0.454 e. The van der Waals surface area contributed by atoms with E-state index in [4.69, 9.17) is 25.8 Å². The highest BCUT2D eigenvalue weighted by Crippen LogP contribution is 2.32. The zero-order valence-corrected chi connectivity index (χ0v) is 15.4. The molecule has 0 bridgehead atoms. The Labute approximate surface area is 161 Å². The molecule has 1 atom stereocenters. The number of ether oxygens (including phenoxy) is 3. The number of hydrogen-bond donors (Lipinski definition) is 1. The van der Waals surface area contributed by atoms with E-state index in [9.17, 15) is 9.59 Å². The molecule has 27 heavy (non-hydrogen) atoms. The first-order chi connectivity index (χ1) is 13.0. The molecule has 3 rings (SSSR count). The van der Waals surface area contributed by atoms with Gasteiger partial charge in [0, 0.05) is 17.6 Å². The Hall–Kier alpha value is -2.99. The van der Waals surface area contributed by atoms with Crippen molar-refractivity contribution in [1.82, 2.24) is 5.32 Å². The van der Waals surface area contributed by atoms with Gasteiger partial charge in [-0.05, 0) is 48.4 Å². The first-order valence-corrected chi connectivity index (χ1v) is 8.69. The molecule has 0 spiro atoms. The summed E-state index contributed by atoms with van der Waals surface area (Å²) in [5.41, 5.74) is 1.66. The fourth-order valence-electron chi connectivity index (χ4n) is 2.39. The Bertz CT molecular complexity index is 863. The number of benzene rings is 2. The van der Waals surface area contributed by atoms with E-state index in [2.05, 4.69) is 5.32 Å². The smallest absolute Gasteiger partial charge is 0.331 e. The van der Waals surface area contributed by atoms with Crippen LogP contribution in [0.2, 0.25) is 5.02 Å². The van der Waals surface area contributed by atoms with E-state index in [0.717, 1.165) is 11.1 Å². The van der Waals surface area contributed by atoms with Gasteiger partial charge in [0.15, 0.2) is 17.6 Å². The maximum atomic E-state index is 12.1. The van der Waals surface area contributed by atoms with Crippen LogP contribution in [0.5, 0.6) is 11.5 Å². The van der Waals surface area contributed by atoms with Crippen LogP contribution in [0.4, 0.5) is 0 Å². The van der Waals surface area contributed by atoms with Crippen LogP contribution >= 0.6 is 11.6 Å². The van der Waals surface area contributed by atoms with E-state index in [1.807, 2.05) is 6.07 Å². The summed E-state index contributed by atoms with van der Waals surface area (Å²) in [6.07, 6.45) is 1.95. The monoisotopic (exact) mass is 387 g/mol. The predicted molar refractivity (Wildman–Crippen MR) is 100 cm³/mol. The average molecular weight is 388 g/mol. The van der Waals surface area contributed by atoms with Crippen molar-refractivity contribution < 1.29 is 23.8 Å². The molecule has 0 unspecified atom stereocenters. The van der Waals surface area contributed by atoms with Crippen molar-refractivity contribution in [2.75, 3.05) is 6.79 Å². The Morgan fingerprint density at radius 2 is 1.93 bits per heavy atom. The quantitative estimate of drug-likeness (QED) is 0.608. The van der Waals surface area contributed by atoms with Gasteiger partial charge in [0.05, 0.1) is 0 Å². The highest BCUT2D eigenvalue weighted by atomic mass is 35.5. The summed E-state index contributed by atoms with van der Waals surface area (Å²) in [6.45, 7) is 2.00. The molecule has 1 amide bonds. The lowest BCUT2D eigenvalue weighted by Gasteiger charge is -2.12. The molecule has 6 nitrogen and oxygen atoms in total. The molecule has 0 aliphatic carbocycles. The SMILES string of the molecule is C[C@H](OC(=O)/C=C/c1ccc(Cl)cc1)C(=O)NCc1ccc2c(c1)OCO2. The highest BCUT2D eigenvalue weighted by Gasteiger charge is 2.17. The van der Waals surface area contributed by atoms with Crippen LogP contribution in [0, 0.1) is 0 Å². The van der Waals surface area contributed by atoms with Crippen LogP contribution < -0.4 is 14.8 Å². The minimum absolute atomic E-state index is 0.196. The molecule has 140 valence electrons. The molecule has 7 heteroatoms. The molecule has 0 saturated carbocycles. The van der Waals surface area contributed by atoms with Crippen LogP contribution in [-0.4, -0.2) is 24.8 Å². The third kappa shape index (κ3) is 5.24. The third-order valence-electron chi connectivity index (χ3n) is 3.85. The molecule has 0 aromatic heterocycles. The van der Waals surface area contributed by atoms with Gasteiger partial charge in [-0.2, -0.15) is 0 Å². The fraction of sp³-hybridized carbons (Fsp3) is 0.200. The third-order valence-corrected chi connectivity index (χ3v) is 4.10. The molecular formula is C20H18ClNO5. The van der Waals surface area contributed by atoms with E-state index < -0.39 is 12.1 Å². The predicted octanol–water partition coefficient (Wildman–Crippen LogP) is 3.33.